The Morgan fingerprint density at radius 1 is 1.43 bits per heavy atom. The molecule has 1 aromatic rings. The number of nitriles is 1. The van der Waals surface area contributed by atoms with E-state index in [1.807, 2.05) is 12.2 Å². The molecule has 0 heterocycles. The summed E-state index contributed by atoms with van der Waals surface area (Å²) in [6.07, 6.45) is 4.66. The van der Waals surface area contributed by atoms with Crippen molar-refractivity contribution in [3.63, 3.8) is 0 Å². The van der Waals surface area contributed by atoms with Gasteiger partial charge in [0.05, 0.1) is 11.6 Å². The van der Waals surface area contributed by atoms with Crippen molar-refractivity contribution in [2.24, 2.45) is 5.73 Å². The third kappa shape index (κ3) is 2.61. The number of anilines is 1. The highest BCUT2D eigenvalue weighted by Gasteiger charge is 1.96. The quantitative estimate of drug-likeness (QED) is 0.704. The number of nitrogens with zero attached hydrogens (tertiary/aromatic N) is 1. The van der Waals surface area contributed by atoms with Gasteiger partial charge in [0, 0.05) is 5.69 Å². The average Bonchev–Trinajstić information content (AvgIpc) is 2.21. The first kappa shape index (κ1) is 10.3. The predicted octanol–water partition coefficient (Wildman–Crippen LogP) is 1.50. The zero-order chi connectivity index (χ0) is 10.4. The first-order valence-electron chi connectivity index (χ1n) is 4.44. The fourth-order valence-electron chi connectivity index (χ4n) is 1.10. The zero-order valence-corrected chi connectivity index (χ0v) is 7.90. The topological polar surface area (TPSA) is 75.8 Å². The lowest BCUT2D eigenvalue weighted by Crippen LogP contribution is -1.95. The molecule has 0 radical (unpaired) electrons. The molecule has 0 aliphatic carbocycles. The van der Waals surface area contributed by atoms with Gasteiger partial charge in [0.25, 0.3) is 0 Å². The van der Waals surface area contributed by atoms with E-state index >= 15 is 0 Å². The van der Waals surface area contributed by atoms with Crippen LogP contribution in [0.4, 0.5) is 5.69 Å². The molecule has 4 N–H and O–H groups in total. The molecule has 0 saturated carbocycles. The van der Waals surface area contributed by atoms with Crippen LogP contribution >= 0.6 is 0 Å². The second-order valence-corrected chi connectivity index (χ2v) is 2.94. The number of rotatable bonds is 3. The Hall–Kier alpha value is -1.79. The molecule has 0 saturated heterocycles. The van der Waals surface area contributed by atoms with Gasteiger partial charge in [-0.15, -0.1) is 0 Å². The molecule has 1 aromatic carbocycles. The lowest BCUT2D eigenvalue weighted by molar-refractivity contribution is 1.01. The van der Waals surface area contributed by atoms with Crippen LogP contribution in [0.2, 0.25) is 0 Å². The molecule has 3 heteroatoms. The first-order chi connectivity index (χ1) is 6.77. The summed E-state index contributed by atoms with van der Waals surface area (Å²) in [4.78, 5) is 0. The molecule has 72 valence electrons. The molecule has 3 nitrogen and oxygen atoms in total. The van der Waals surface area contributed by atoms with Gasteiger partial charge in [0.2, 0.25) is 0 Å². The van der Waals surface area contributed by atoms with Gasteiger partial charge in [0.15, 0.2) is 0 Å². The Morgan fingerprint density at radius 3 is 2.86 bits per heavy atom. The van der Waals surface area contributed by atoms with Gasteiger partial charge in [-0.3, -0.25) is 0 Å². The highest BCUT2D eigenvalue weighted by atomic mass is 14.6. The SMILES string of the molecule is N#Cc1ccc(N)c(C=CCCN)c1. The second kappa shape index (κ2) is 5.05. The summed E-state index contributed by atoms with van der Waals surface area (Å²) in [6.45, 7) is 0.619. The van der Waals surface area contributed by atoms with E-state index in [-0.39, 0.29) is 0 Å². The maximum absolute atomic E-state index is 8.69. The van der Waals surface area contributed by atoms with Gasteiger partial charge >= 0.3 is 0 Å². The first-order valence-corrected chi connectivity index (χ1v) is 4.44. The van der Waals surface area contributed by atoms with Crippen LogP contribution in [0.15, 0.2) is 24.3 Å². The van der Waals surface area contributed by atoms with E-state index in [0.29, 0.717) is 17.8 Å². The highest BCUT2D eigenvalue weighted by molar-refractivity contribution is 5.66. The van der Waals surface area contributed by atoms with Crippen molar-refractivity contribution < 1.29 is 0 Å². The summed E-state index contributed by atoms with van der Waals surface area (Å²) >= 11 is 0. The van der Waals surface area contributed by atoms with E-state index in [2.05, 4.69) is 6.07 Å². The Bertz CT molecular complexity index is 375. The van der Waals surface area contributed by atoms with Crippen molar-refractivity contribution in [1.29, 1.82) is 5.26 Å². The number of hydrogen-bond donors (Lipinski definition) is 2. The number of nitrogen functional groups attached to an aromatic ring is 1. The summed E-state index contributed by atoms with van der Waals surface area (Å²) < 4.78 is 0. The van der Waals surface area contributed by atoms with Gasteiger partial charge in [-0.25, -0.2) is 0 Å². The number of nitrogens with two attached hydrogens (primary N) is 2. The van der Waals surface area contributed by atoms with E-state index in [0.717, 1.165) is 12.0 Å². The Morgan fingerprint density at radius 2 is 2.21 bits per heavy atom. The molecule has 0 atom stereocenters. The molecule has 0 fully saturated rings. The molecular weight excluding hydrogens is 174 g/mol. The Kier molecular flexibility index (Phi) is 3.71. The molecule has 0 aromatic heterocycles. The van der Waals surface area contributed by atoms with Crippen LogP contribution in [0.25, 0.3) is 6.08 Å². The Labute approximate surface area is 83.6 Å². The smallest absolute Gasteiger partial charge is 0.0991 e. The van der Waals surface area contributed by atoms with Crippen molar-refractivity contribution in [1.82, 2.24) is 0 Å². The van der Waals surface area contributed by atoms with Gasteiger partial charge in [-0.2, -0.15) is 5.26 Å². The molecule has 0 amide bonds. The van der Waals surface area contributed by atoms with E-state index in [1.165, 1.54) is 0 Å². The van der Waals surface area contributed by atoms with Crippen molar-refractivity contribution in [3.8, 4) is 6.07 Å². The maximum atomic E-state index is 8.69. The second-order valence-electron chi connectivity index (χ2n) is 2.94. The largest absolute Gasteiger partial charge is 0.398 e. The molecular formula is C11H13N3. The predicted molar refractivity (Wildman–Crippen MR) is 58.3 cm³/mol. The van der Waals surface area contributed by atoms with Crippen LogP contribution in [0.1, 0.15) is 17.5 Å². The normalized spacial score (nSPS) is 10.3. The molecule has 0 spiro atoms. The minimum Gasteiger partial charge on any atom is -0.398 e. The van der Waals surface area contributed by atoms with E-state index in [9.17, 15) is 0 Å². The van der Waals surface area contributed by atoms with Crippen molar-refractivity contribution in [3.05, 3.63) is 35.4 Å². The van der Waals surface area contributed by atoms with Gasteiger partial charge in [-0.05, 0) is 36.7 Å². The minimum atomic E-state index is 0.617. The summed E-state index contributed by atoms with van der Waals surface area (Å²) in [5.74, 6) is 0. The molecule has 14 heavy (non-hydrogen) atoms. The van der Waals surface area contributed by atoms with E-state index in [1.54, 1.807) is 18.2 Å². The lowest BCUT2D eigenvalue weighted by atomic mass is 10.1. The highest BCUT2D eigenvalue weighted by Crippen LogP contribution is 2.15. The third-order valence-electron chi connectivity index (χ3n) is 1.85. The summed E-state index contributed by atoms with van der Waals surface area (Å²) in [5, 5.41) is 8.69. The molecule has 0 aliphatic rings. The standard InChI is InChI=1S/C11H13N3/c12-6-2-1-3-10-7-9(8-13)4-5-11(10)14/h1,3-5,7H,2,6,12,14H2. The van der Waals surface area contributed by atoms with Crippen LogP contribution in [-0.4, -0.2) is 6.54 Å². The van der Waals surface area contributed by atoms with Gasteiger partial charge < -0.3 is 11.5 Å². The Balaban J connectivity index is 2.90. The number of benzene rings is 1. The average molecular weight is 187 g/mol. The van der Waals surface area contributed by atoms with Crippen molar-refractivity contribution >= 4 is 11.8 Å². The van der Waals surface area contributed by atoms with Crippen LogP contribution in [0, 0.1) is 11.3 Å². The third-order valence-corrected chi connectivity index (χ3v) is 1.85. The van der Waals surface area contributed by atoms with Gasteiger partial charge in [-0.1, -0.05) is 12.2 Å². The van der Waals surface area contributed by atoms with E-state index < -0.39 is 0 Å². The van der Waals surface area contributed by atoms with Gasteiger partial charge in [0.1, 0.15) is 0 Å². The van der Waals surface area contributed by atoms with Crippen LogP contribution in [0.5, 0.6) is 0 Å². The molecule has 1 rings (SSSR count). The lowest BCUT2D eigenvalue weighted by Gasteiger charge is -1.99. The fraction of sp³-hybridized carbons (Fsp3) is 0.182. The number of hydrogen-bond acceptors (Lipinski definition) is 3. The van der Waals surface area contributed by atoms with Crippen LogP contribution < -0.4 is 11.5 Å². The van der Waals surface area contributed by atoms with Crippen molar-refractivity contribution in [2.45, 2.75) is 6.42 Å². The summed E-state index contributed by atoms with van der Waals surface area (Å²) in [5.41, 5.74) is 13.3. The van der Waals surface area contributed by atoms with Crippen LogP contribution in [0.3, 0.4) is 0 Å². The minimum absolute atomic E-state index is 0.617. The maximum Gasteiger partial charge on any atom is 0.0991 e. The van der Waals surface area contributed by atoms with Crippen molar-refractivity contribution in [2.75, 3.05) is 12.3 Å². The molecule has 0 bridgehead atoms. The molecule has 0 unspecified atom stereocenters. The zero-order valence-electron chi connectivity index (χ0n) is 7.90. The summed E-state index contributed by atoms with van der Waals surface area (Å²) in [6, 6.07) is 7.28. The monoisotopic (exact) mass is 187 g/mol. The fourth-order valence-corrected chi connectivity index (χ4v) is 1.10. The summed E-state index contributed by atoms with van der Waals surface area (Å²) in [7, 11) is 0. The van der Waals surface area contributed by atoms with E-state index in [4.69, 9.17) is 16.7 Å². The molecule has 0 aliphatic heterocycles. The van der Waals surface area contributed by atoms with Crippen LogP contribution in [-0.2, 0) is 0 Å².